The number of benzene rings is 2. The molecule has 0 unspecified atom stereocenters. The van der Waals surface area contributed by atoms with Gasteiger partial charge >= 0.3 is 0 Å². The van der Waals surface area contributed by atoms with Gasteiger partial charge in [0.2, 0.25) is 11.8 Å². The van der Waals surface area contributed by atoms with Gasteiger partial charge in [0.15, 0.2) is 4.80 Å². The van der Waals surface area contributed by atoms with E-state index < -0.39 is 0 Å². The summed E-state index contributed by atoms with van der Waals surface area (Å²) in [5.74, 6) is -0.0916. The van der Waals surface area contributed by atoms with Gasteiger partial charge in [-0.05, 0) is 43.3 Å². The molecule has 0 saturated carbocycles. The second kappa shape index (κ2) is 7.63. The van der Waals surface area contributed by atoms with Crippen molar-refractivity contribution in [1.29, 1.82) is 0 Å². The van der Waals surface area contributed by atoms with Crippen LogP contribution in [-0.2, 0) is 16.1 Å². The minimum absolute atomic E-state index is 0.220. The summed E-state index contributed by atoms with van der Waals surface area (Å²) in [6.07, 6.45) is 0.447. The van der Waals surface area contributed by atoms with E-state index in [2.05, 4.69) is 4.99 Å². The van der Waals surface area contributed by atoms with Gasteiger partial charge in [-0.3, -0.25) is 19.3 Å². The average molecular weight is 409 g/mol. The van der Waals surface area contributed by atoms with E-state index in [0.717, 1.165) is 20.9 Å². The number of aryl methyl sites for hydroxylation is 1. The number of anilines is 1. The molecule has 8 heteroatoms. The number of carbonyl (C=O) groups is 3. The van der Waals surface area contributed by atoms with Gasteiger partial charge in [-0.25, -0.2) is 0 Å². The molecule has 3 aromatic rings. The summed E-state index contributed by atoms with van der Waals surface area (Å²) in [5.41, 5.74) is 1.78. The quantitative estimate of drug-likeness (QED) is 0.620. The molecule has 0 atom stereocenters. The fraction of sp³-hybridized carbons (Fsp3) is 0.238. The number of rotatable bonds is 4. The predicted molar refractivity (Wildman–Crippen MR) is 110 cm³/mol. The van der Waals surface area contributed by atoms with E-state index in [1.54, 1.807) is 31.4 Å². The highest BCUT2D eigenvalue weighted by Crippen LogP contribution is 2.27. The third-order valence-electron chi connectivity index (χ3n) is 4.82. The van der Waals surface area contributed by atoms with Gasteiger partial charge in [0.25, 0.3) is 5.91 Å². The van der Waals surface area contributed by atoms with Crippen molar-refractivity contribution in [3.63, 3.8) is 0 Å². The molecule has 0 aliphatic carbocycles. The number of amides is 3. The van der Waals surface area contributed by atoms with E-state index in [1.807, 2.05) is 29.7 Å². The van der Waals surface area contributed by atoms with Crippen molar-refractivity contribution in [2.75, 3.05) is 12.0 Å². The maximum Gasteiger partial charge on any atom is 0.279 e. The van der Waals surface area contributed by atoms with Crippen molar-refractivity contribution < 1.29 is 19.1 Å². The topological polar surface area (TPSA) is 81.0 Å². The third kappa shape index (κ3) is 3.36. The fourth-order valence-electron chi connectivity index (χ4n) is 3.41. The number of imide groups is 1. The van der Waals surface area contributed by atoms with Gasteiger partial charge < -0.3 is 9.30 Å². The molecule has 1 fully saturated rings. The molecule has 4 rings (SSSR count). The van der Waals surface area contributed by atoms with E-state index in [9.17, 15) is 14.4 Å². The number of ether oxygens (including phenoxy) is 1. The molecule has 1 aliphatic heterocycles. The summed E-state index contributed by atoms with van der Waals surface area (Å²) in [4.78, 5) is 42.5. The van der Waals surface area contributed by atoms with E-state index in [4.69, 9.17) is 4.74 Å². The molecular formula is C21H19N3O4S. The molecule has 1 saturated heterocycles. The highest BCUT2D eigenvalue weighted by atomic mass is 32.1. The van der Waals surface area contributed by atoms with Crippen LogP contribution in [0.3, 0.4) is 0 Å². The maximum atomic E-state index is 12.7. The van der Waals surface area contributed by atoms with Crippen LogP contribution in [0.4, 0.5) is 5.69 Å². The molecule has 0 bridgehead atoms. The van der Waals surface area contributed by atoms with Crippen LogP contribution in [0.1, 0.15) is 30.1 Å². The summed E-state index contributed by atoms with van der Waals surface area (Å²) in [6.45, 7) is 2.63. The first-order chi connectivity index (χ1) is 14.0. The number of thiazole rings is 1. The molecule has 29 heavy (non-hydrogen) atoms. The summed E-state index contributed by atoms with van der Waals surface area (Å²) >= 11 is 1.42. The summed E-state index contributed by atoms with van der Waals surface area (Å²) in [6, 6.07) is 12.1. The number of para-hydroxylation sites is 1. The zero-order chi connectivity index (χ0) is 20.5. The highest BCUT2D eigenvalue weighted by molar-refractivity contribution is 7.16. The van der Waals surface area contributed by atoms with E-state index in [-0.39, 0.29) is 30.6 Å². The standard InChI is InChI=1S/C21H19N3O4S/c1-3-23-19-15(28-2)5-4-6-16(19)29-21(23)22-20(27)13-7-9-14(10-8-13)24-17(25)11-12-18(24)26/h4-10H,3,11-12H2,1-2H3. The van der Waals surface area contributed by atoms with E-state index in [0.29, 0.717) is 22.6 Å². The Morgan fingerprint density at radius 2 is 1.79 bits per heavy atom. The molecule has 2 aromatic carbocycles. The van der Waals surface area contributed by atoms with Crippen molar-refractivity contribution in [2.45, 2.75) is 26.3 Å². The summed E-state index contributed by atoms with van der Waals surface area (Å²) < 4.78 is 8.39. The normalized spacial score (nSPS) is 14.8. The first-order valence-corrected chi connectivity index (χ1v) is 10.1. The van der Waals surface area contributed by atoms with Crippen LogP contribution in [0.2, 0.25) is 0 Å². The molecular weight excluding hydrogens is 390 g/mol. The number of hydrogen-bond acceptors (Lipinski definition) is 5. The Labute approximate surface area is 170 Å². The van der Waals surface area contributed by atoms with Crippen molar-refractivity contribution in [3.05, 3.63) is 52.8 Å². The lowest BCUT2D eigenvalue weighted by molar-refractivity contribution is -0.121. The first kappa shape index (κ1) is 19.1. The number of fused-ring (bicyclic) bond motifs is 1. The zero-order valence-electron chi connectivity index (χ0n) is 16.0. The first-order valence-electron chi connectivity index (χ1n) is 9.24. The van der Waals surface area contributed by atoms with Crippen LogP contribution >= 0.6 is 11.3 Å². The highest BCUT2D eigenvalue weighted by Gasteiger charge is 2.30. The number of carbonyl (C=O) groups excluding carboxylic acids is 3. The lowest BCUT2D eigenvalue weighted by Crippen LogP contribution is -2.28. The lowest BCUT2D eigenvalue weighted by atomic mass is 10.2. The van der Waals surface area contributed by atoms with Gasteiger partial charge in [0, 0.05) is 24.9 Å². The maximum absolute atomic E-state index is 12.7. The summed E-state index contributed by atoms with van der Waals surface area (Å²) in [5, 5.41) is 0. The smallest absolute Gasteiger partial charge is 0.279 e. The van der Waals surface area contributed by atoms with Crippen molar-refractivity contribution in [1.82, 2.24) is 4.57 Å². The van der Waals surface area contributed by atoms with Crippen LogP contribution in [0.5, 0.6) is 5.75 Å². The van der Waals surface area contributed by atoms with Crippen LogP contribution in [0.15, 0.2) is 47.5 Å². The molecule has 3 amide bonds. The molecule has 2 heterocycles. The van der Waals surface area contributed by atoms with Gasteiger partial charge in [-0.2, -0.15) is 4.99 Å². The second-order valence-corrected chi connectivity index (χ2v) is 7.53. The number of aromatic nitrogens is 1. The molecule has 7 nitrogen and oxygen atoms in total. The zero-order valence-corrected chi connectivity index (χ0v) is 16.9. The number of hydrogen-bond donors (Lipinski definition) is 0. The monoisotopic (exact) mass is 409 g/mol. The van der Waals surface area contributed by atoms with Crippen LogP contribution in [-0.4, -0.2) is 29.4 Å². The Morgan fingerprint density at radius 1 is 1.10 bits per heavy atom. The van der Waals surface area contributed by atoms with Crippen molar-refractivity contribution in [3.8, 4) is 5.75 Å². The average Bonchev–Trinajstić information content (AvgIpc) is 3.26. The molecule has 0 N–H and O–H groups in total. The van der Waals surface area contributed by atoms with Crippen LogP contribution in [0, 0.1) is 0 Å². The molecule has 1 aliphatic rings. The Bertz CT molecular complexity index is 1170. The van der Waals surface area contributed by atoms with Gasteiger partial charge in [0.05, 0.1) is 17.5 Å². The largest absolute Gasteiger partial charge is 0.495 e. The van der Waals surface area contributed by atoms with Gasteiger partial charge in [0.1, 0.15) is 11.3 Å². The molecule has 0 radical (unpaired) electrons. The van der Waals surface area contributed by atoms with Crippen molar-refractivity contribution >= 4 is 45.0 Å². The van der Waals surface area contributed by atoms with Gasteiger partial charge in [-0.1, -0.05) is 17.4 Å². The lowest BCUT2D eigenvalue weighted by Gasteiger charge is -2.13. The molecule has 0 spiro atoms. The predicted octanol–water partition coefficient (Wildman–Crippen LogP) is 3.13. The molecule has 1 aromatic heterocycles. The van der Waals surface area contributed by atoms with Crippen molar-refractivity contribution in [2.24, 2.45) is 4.99 Å². The van der Waals surface area contributed by atoms with Crippen LogP contribution < -0.4 is 14.4 Å². The Morgan fingerprint density at radius 3 is 2.41 bits per heavy atom. The number of nitrogens with zero attached hydrogens (tertiary/aromatic N) is 3. The minimum atomic E-state index is -0.386. The Balaban J connectivity index is 1.70. The van der Waals surface area contributed by atoms with Crippen LogP contribution in [0.25, 0.3) is 10.2 Å². The number of methoxy groups -OCH3 is 1. The second-order valence-electron chi connectivity index (χ2n) is 6.52. The molecule has 148 valence electrons. The third-order valence-corrected chi connectivity index (χ3v) is 5.86. The summed E-state index contributed by atoms with van der Waals surface area (Å²) in [7, 11) is 1.62. The van der Waals surface area contributed by atoms with E-state index >= 15 is 0 Å². The Kier molecular flexibility index (Phi) is 5.02. The Hall–Kier alpha value is -3.26. The minimum Gasteiger partial charge on any atom is -0.495 e. The van der Waals surface area contributed by atoms with Gasteiger partial charge in [-0.15, -0.1) is 0 Å². The SMILES string of the molecule is CCn1c(=NC(=O)c2ccc(N3C(=O)CCC3=O)cc2)sc2cccc(OC)c21. The van der Waals surface area contributed by atoms with E-state index in [1.165, 1.54) is 11.3 Å². The fourth-order valence-corrected chi connectivity index (χ4v) is 4.52.